The molecule has 3 aromatic heterocycles. The lowest BCUT2D eigenvalue weighted by Gasteiger charge is -2.11. The van der Waals surface area contributed by atoms with Gasteiger partial charge in [0.1, 0.15) is 24.8 Å². The van der Waals surface area contributed by atoms with Crippen LogP contribution in [0.4, 0.5) is 8.78 Å². The molecule has 0 N–H and O–H groups in total. The number of ether oxygens (including phenoxy) is 1. The van der Waals surface area contributed by atoms with Crippen LogP contribution in [-0.2, 0) is 13.2 Å². The fourth-order valence-corrected chi connectivity index (χ4v) is 4.05. The molecule has 0 unspecified atom stereocenters. The molecular weight excluding hydrogens is 440 g/mol. The normalized spacial score (nSPS) is 13.1. The molecule has 0 fully saturated rings. The summed E-state index contributed by atoms with van der Waals surface area (Å²) in [6, 6.07) is 5.58. The van der Waals surface area contributed by atoms with Crippen molar-refractivity contribution in [3.8, 4) is 17.0 Å². The summed E-state index contributed by atoms with van der Waals surface area (Å²) in [4.78, 5) is 4.69. The second kappa shape index (κ2) is 9.12. The molecule has 1 aliphatic heterocycles. The van der Waals surface area contributed by atoms with E-state index in [2.05, 4.69) is 25.5 Å². The first-order valence-corrected chi connectivity index (χ1v) is 11.0. The number of rotatable bonds is 8. The lowest BCUT2D eigenvalue weighted by atomic mass is 10.2. The summed E-state index contributed by atoms with van der Waals surface area (Å²) in [6.45, 7) is 4.95. The van der Waals surface area contributed by atoms with Crippen molar-refractivity contribution in [2.45, 2.75) is 39.8 Å². The molecule has 0 bridgehead atoms. The van der Waals surface area contributed by atoms with Crippen LogP contribution < -0.4 is 4.74 Å². The Balaban J connectivity index is 1.39. The number of imidazole rings is 1. The van der Waals surface area contributed by atoms with Crippen molar-refractivity contribution in [1.82, 2.24) is 19.2 Å². The SMILES string of the molecule is Cc1cc(OCc2c(F)cccc2F)c2nc(C)c(-c3cnn(CCCC4=NN=NC4)c3)n2c1. The van der Waals surface area contributed by atoms with Crippen molar-refractivity contribution in [3.63, 3.8) is 0 Å². The largest absolute Gasteiger partial charge is 0.485 e. The summed E-state index contributed by atoms with van der Waals surface area (Å²) in [5.74, 6) is -0.822. The highest BCUT2D eigenvalue weighted by molar-refractivity contribution is 5.87. The van der Waals surface area contributed by atoms with Crippen molar-refractivity contribution in [3.05, 3.63) is 71.3 Å². The van der Waals surface area contributed by atoms with E-state index in [-0.39, 0.29) is 12.2 Å². The van der Waals surface area contributed by atoms with Gasteiger partial charge in [-0.15, -0.1) is 5.10 Å². The van der Waals surface area contributed by atoms with Crippen LogP contribution in [0.15, 0.2) is 58.3 Å². The Hall–Kier alpha value is -3.95. The van der Waals surface area contributed by atoms with Crippen LogP contribution in [0.2, 0.25) is 0 Å². The van der Waals surface area contributed by atoms with Crippen molar-refractivity contribution in [2.24, 2.45) is 15.4 Å². The molecule has 4 heterocycles. The molecule has 1 aromatic carbocycles. The van der Waals surface area contributed by atoms with E-state index >= 15 is 0 Å². The molecule has 0 saturated carbocycles. The maximum atomic E-state index is 14.0. The van der Waals surface area contributed by atoms with Crippen LogP contribution in [-0.4, -0.2) is 31.4 Å². The molecule has 0 aliphatic carbocycles. The number of hydrogen-bond donors (Lipinski definition) is 0. The third kappa shape index (κ3) is 4.30. The van der Waals surface area contributed by atoms with E-state index in [1.807, 2.05) is 47.6 Å². The summed E-state index contributed by atoms with van der Waals surface area (Å²) in [5, 5.41) is 16.0. The molecule has 4 aromatic rings. The topological polar surface area (TPSA) is 81.4 Å². The molecule has 0 atom stereocenters. The number of benzene rings is 1. The highest BCUT2D eigenvalue weighted by atomic mass is 19.1. The number of halogens is 2. The van der Waals surface area contributed by atoms with Crippen LogP contribution in [0, 0.1) is 25.5 Å². The zero-order valence-electron chi connectivity index (χ0n) is 18.9. The van der Waals surface area contributed by atoms with E-state index in [9.17, 15) is 8.78 Å². The number of aryl methyl sites for hydroxylation is 3. The number of hydrogen-bond acceptors (Lipinski definition) is 6. The zero-order valence-corrected chi connectivity index (χ0v) is 18.9. The van der Waals surface area contributed by atoms with Gasteiger partial charge in [0.25, 0.3) is 0 Å². The lowest BCUT2D eigenvalue weighted by Crippen LogP contribution is -2.04. The molecule has 8 nitrogen and oxygen atoms in total. The van der Waals surface area contributed by atoms with E-state index in [0.29, 0.717) is 17.9 Å². The molecule has 0 amide bonds. The van der Waals surface area contributed by atoms with E-state index in [1.54, 1.807) is 0 Å². The standard InChI is InChI=1S/C24H23F2N7O/c1-15-9-22(34-14-19-20(25)6-3-7-21(19)26)24-29-16(2)23(33(24)12-15)17-10-28-32(13-17)8-4-5-18-11-27-31-30-18/h3,6-7,9-10,12-13H,4-5,8,11,14H2,1-2H3. The smallest absolute Gasteiger partial charge is 0.180 e. The number of fused-ring (bicyclic) bond motifs is 1. The molecule has 34 heavy (non-hydrogen) atoms. The zero-order chi connectivity index (χ0) is 23.7. The summed E-state index contributed by atoms with van der Waals surface area (Å²) in [6.07, 6.45) is 7.48. The van der Waals surface area contributed by atoms with Gasteiger partial charge in [0.05, 0.1) is 28.9 Å². The van der Waals surface area contributed by atoms with Gasteiger partial charge in [0, 0.05) is 24.5 Å². The molecule has 1 aliphatic rings. The highest BCUT2D eigenvalue weighted by Crippen LogP contribution is 2.31. The average molecular weight is 463 g/mol. The second-order valence-corrected chi connectivity index (χ2v) is 8.26. The predicted molar refractivity (Wildman–Crippen MR) is 123 cm³/mol. The first-order valence-electron chi connectivity index (χ1n) is 11.0. The van der Waals surface area contributed by atoms with E-state index in [0.717, 1.165) is 47.6 Å². The molecule has 0 saturated heterocycles. The summed E-state index contributed by atoms with van der Waals surface area (Å²) in [7, 11) is 0. The first-order chi connectivity index (χ1) is 16.5. The minimum absolute atomic E-state index is 0.113. The minimum atomic E-state index is -0.639. The molecule has 0 radical (unpaired) electrons. The molecule has 5 rings (SSSR count). The summed E-state index contributed by atoms with van der Waals surface area (Å²) < 4.78 is 37.8. The monoisotopic (exact) mass is 463 g/mol. The lowest BCUT2D eigenvalue weighted by molar-refractivity contribution is 0.294. The van der Waals surface area contributed by atoms with Crippen molar-refractivity contribution in [2.75, 3.05) is 6.54 Å². The van der Waals surface area contributed by atoms with E-state index < -0.39 is 11.6 Å². The van der Waals surface area contributed by atoms with Crippen LogP contribution in [0.1, 0.15) is 29.7 Å². The quantitative estimate of drug-likeness (QED) is 0.357. The van der Waals surface area contributed by atoms with Gasteiger partial charge in [-0.2, -0.15) is 10.2 Å². The maximum absolute atomic E-state index is 14.0. The Morgan fingerprint density at radius 2 is 1.94 bits per heavy atom. The predicted octanol–water partition coefficient (Wildman–Crippen LogP) is 5.27. The van der Waals surface area contributed by atoms with Crippen LogP contribution >= 0.6 is 0 Å². The van der Waals surface area contributed by atoms with E-state index in [4.69, 9.17) is 4.74 Å². The molecular formula is C24H23F2N7O. The molecule has 174 valence electrons. The Kier molecular flexibility index (Phi) is 5.87. The number of nitrogens with zero attached hydrogens (tertiary/aromatic N) is 7. The van der Waals surface area contributed by atoms with Gasteiger partial charge in [-0.25, -0.2) is 13.8 Å². The van der Waals surface area contributed by atoms with Gasteiger partial charge in [-0.3, -0.25) is 9.08 Å². The van der Waals surface area contributed by atoms with Crippen molar-refractivity contribution in [1.29, 1.82) is 0 Å². The summed E-state index contributed by atoms with van der Waals surface area (Å²) >= 11 is 0. The third-order valence-electron chi connectivity index (χ3n) is 5.69. The Labute approximate surface area is 194 Å². The Bertz CT molecular complexity index is 1400. The Morgan fingerprint density at radius 3 is 2.71 bits per heavy atom. The van der Waals surface area contributed by atoms with Crippen molar-refractivity contribution < 1.29 is 13.5 Å². The van der Waals surface area contributed by atoms with Crippen LogP contribution in [0.3, 0.4) is 0 Å². The van der Waals surface area contributed by atoms with E-state index in [1.165, 1.54) is 18.2 Å². The first kappa shape index (κ1) is 21.9. The fourth-order valence-electron chi connectivity index (χ4n) is 4.05. The number of pyridine rings is 1. The van der Waals surface area contributed by atoms with Crippen molar-refractivity contribution >= 4 is 11.4 Å². The molecule has 0 spiro atoms. The van der Waals surface area contributed by atoms with Gasteiger partial charge < -0.3 is 4.74 Å². The van der Waals surface area contributed by atoms with Gasteiger partial charge in [0.15, 0.2) is 11.4 Å². The van der Waals surface area contributed by atoms with Gasteiger partial charge in [-0.1, -0.05) is 6.07 Å². The van der Waals surface area contributed by atoms with Crippen LogP contribution in [0.5, 0.6) is 5.75 Å². The minimum Gasteiger partial charge on any atom is -0.485 e. The highest BCUT2D eigenvalue weighted by Gasteiger charge is 2.18. The average Bonchev–Trinajstić information content (AvgIpc) is 3.54. The second-order valence-electron chi connectivity index (χ2n) is 8.26. The van der Waals surface area contributed by atoms with Gasteiger partial charge in [-0.05, 0) is 55.7 Å². The third-order valence-corrected chi connectivity index (χ3v) is 5.69. The summed E-state index contributed by atoms with van der Waals surface area (Å²) in [5.41, 5.74) is 5.00. The van der Waals surface area contributed by atoms with Gasteiger partial charge >= 0.3 is 0 Å². The maximum Gasteiger partial charge on any atom is 0.180 e. The molecule has 10 heteroatoms. The van der Waals surface area contributed by atoms with Crippen LogP contribution in [0.25, 0.3) is 16.9 Å². The van der Waals surface area contributed by atoms with Gasteiger partial charge in [0.2, 0.25) is 0 Å². The fraction of sp³-hybridized carbons (Fsp3) is 0.292. The Morgan fingerprint density at radius 1 is 1.12 bits per heavy atom. The number of aromatic nitrogens is 4.